The van der Waals surface area contributed by atoms with E-state index in [-0.39, 0.29) is 6.54 Å². The van der Waals surface area contributed by atoms with Gasteiger partial charge >= 0.3 is 6.03 Å². The van der Waals surface area contributed by atoms with E-state index in [9.17, 15) is 14.4 Å². The zero-order chi connectivity index (χ0) is 9.14. The third kappa shape index (κ3) is 2.03. The number of carbonyl (C=O) groups excluding carboxylic acids is 3. The van der Waals surface area contributed by atoms with Crippen molar-refractivity contribution in [3.8, 4) is 0 Å². The quantitative estimate of drug-likeness (QED) is 0.354. The second kappa shape index (κ2) is 3.31. The van der Waals surface area contributed by atoms with Crippen LogP contribution in [0.4, 0.5) is 4.79 Å². The molecule has 6 nitrogen and oxygen atoms in total. The normalized spacial score (nSPS) is 17.2. The van der Waals surface area contributed by atoms with Crippen molar-refractivity contribution in [3.63, 3.8) is 0 Å². The monoisotopic (exact) mass is 189 g/mol. The summed E-state index contributed by atoms with van der Waals surface area (Å²) in [5, 5.41) is 5.32. The molecule has 1 heterocycles. The standard InChI is InChI=1S/C5H4ClN3O3/c6-3(10)1-7-9-2-4(11)8-5(9)12/h1H,2H2,(H,8,11,12). The predicted molar refractivity (Wildman–Crippen MR) is 39.6 cm³/mol. The van der Waals surface area contributed by atoms with Crippen molar-refractivity contribution >= 4 is 35.0 Å². The van der Waals surface area contributed by atoms with Gasteiger partial charge in [0.15, 0.2) is 0 Å². The summed E-state index contributed by atoms with van der Waals surface area (Å²) in [6.45, 7) is -0.181. The van der Waals surface area contributed by atoms with Crippen LogP contribution < -0.4 is 5.32 Å². The lowest BCUT2D eigenvalue weighted by Gasteiger charge is -2.01. The molecule has 0 aromatic heterocycles. The number of halogens is 1. The van der Waals surface area contributed by atoms with Crippen molar-refractivity contribution in [2.45, 2.75) is 0 Å². The Morgan fingerprint density at radius 3 is 2.75 bits per heavy atom. The van der Waals surface area contributed by atoms with Crippen LogP contribution in [0.5, 0.6) is 0 Å². The Bertz CT molecular complexity index is 275. The fourth-order valence-electron chi connectivity index (χ4n) is 0.640. The molecule has 1 saturated heterocycles. The first-order chi connectivity index (χ1) is 5.59. The van der Waals surface area contributed by atoms with Crippen molar-refractivity contribution in [2.75, 3.05) is 6.54 Å². The maximum Gasteiger partial charge on any atom is 0.344 e. The first kappa shape index (κ1) is 8.66. The molecule has 0 aromatic carbocycles. The molecule has 0 bridgehead atoms. The summed E-state index contributed by atoms with van der Waals surface area (Å²) in [7, 11) is 0. The van der Waals surface area contributed by atoms with Crippen molar-refractivity contribution < 1.29 is 14.4 Å². The number of hydrazone groups is 1. The molecule has 1 aliphatic rings. The summed E-state index contributed by atoms with van der Waals surface area (Å²) in [5.74, 6) is -0.459. The van der Waals surface area contributed by atoms with Crippen molar-refractivity contribution in [3.05, 3.63) is 0 Å². The van der Waals surface area contributed by atoms with Crippen LogP contribution in [-0.2, 0) is 9.59 Å². The minimum absolute atomic E-state index is 0.181. The Kier molecular flexibility index (Phi) is 2.39. The van der Waals surface area contributed by atoms with Crippen molar-refractivity contribution in [1.82, 2.24) is 10.3 Å². The Balaban J connectivity index is 2.59. The predicted octanol–water partition coefficient (Wildman–Crippen LogP) is -0.711. The lowest BCUT2D eigenvalue weighted by atomic mass is 10.6. The third-order valence-corrected chi connectivity index (χ3v) is 1.17. The van der Waals surface area contributed by atoms with Crippen LogP contribution in [0.25, 0.3) is 0 Å². The summed E-state index contributed by atoms with van der Waals surface area (Å²) in [4.78, 5) is 31.4. The van der Waals surface area contributed by atoms with Gasteiger partial charge in [0.2, 0.25) is 5.91 Å². The lowest BCUT2D eigenvalue weighted by molar-refractivity contribution is -0.118. The van der Waals surface area contributed by atoms with Crippen LogP contribution in [0, 0.1) is 0 Å². The molecule has 1 rings (SSSR count). The van der Waals surface area contributed by atoms with Gasteiger partial charge in [0.1, 0.15) is 12.8 Å². The van der Waals surface area contributed by atoms with Gasteiger partial charge in [-0.05, 0) is 11.6 Å². The molecule has 0 unspecified atom stereocenters. The van der Waals surface area contributed by atoms with Crippen LogP contribution in [-0.4, -0.2) is 34.9 Å². The maximum absolute atomic E-state index is 10.7. The smallest absolute Gasteiger partial charge is 0.275 e. The molecular formula is C5H4ClN3O3. The Labute approximate surface area is 72.2 Å². The van der Waals surface area contributed by atoms with E-state index in [0.717, 1.165) is 11.2 Å². The summed E-state index contributed by atoms with van der Waals surface area (Å²) in [6, 6.07) is -0.658. The van der Waals surface area contributed by atoms with E-state index in [0.29, 0.717) is 0 Å². The van der Waals surface area contributed by atoms with Gasteiger partial charge in [-0.25, -0.2) is 9.80 Å². The zero-order valence-corrected chi connectivity index (χ0v) is 6.54. The first-order valence-corrected chi connectivity index (χ1v) is 3.32. The van der Waals surface area contributed by atoms with Crippen LogP contribution >= 0.6 is 11.6 Å². The van der Waals surface area contributed by atoms with Gasteiger partial charge in [-0.15, -0.1) is 0 Å². The Morgan fingerprint density at radius 1 is 1.67 bits per heavy atom. The molecule has 1 fully saturated rings. The molecule has 1 aliphatic heterocycles. The molecule has 0 aliphatic carbocycles. The minimum atomic E-state index is -0.804. The summed E-state index contributed by atoms with van der Waals surface area (Å²) in [5.41, 5.74) is 0. The van der Waals surface area contributed by atoms with E-state index in [1.165, 1.54) is 0 Å². The number of urea groups is 1. The minimum Gasteiger partial charge on any atom is -0.275 e. The molecule has 0 saturated carbocycles. The van der Waals surface area contributed by atoms with Crippen LogP contribution in [0.1, 0.15) is 0 Å². The molecule has 3 amide bonds. The van der Waals surface area contributed by atoms with Gasteiger partial charge in [-0.2, -0.15) is 5.10 Å². The zero-order valence-electron chi connectivity index (χ0n) is 5.78. The van der Waals surface area contributed by atoms with Gasteiger partial charge in [0.05, 0.1) is 0 Å². The van der Waals surface area contributed by atoms with Crippen molar-refractivity contribution in [1.29, 1.82) is 0 Å². The number of hydrogen-bond donors (Lipinski definition) is 1. The third-order valence-electron chi connectivity index (χ3n) is 1.07. The summed E-state index contributed by atoms with van der Waals surface area (Å²) < 4.78 is 0. The number of rotatable bonds is 2. The second-order valence-corrected chi connectivity index (χ2v) is 2.33. The highest BCUT2D eigenvalue weighted by Gasteiger charge is 2.25. The van der Waals surface area contributed by atoms with Gasteiger partial charge in [-0.1, -0.05) is 0 Å². The lowest BCUT2D eigenvalue weighted by Crippen LogP contribution is -2.24. The van der Waals surface area contributed by atoms with E-state index in [4.69, 9.17) is 11.6 Å². The number of nitrogens with one attached hydrogen (secondary N) is 1. The molecule has 0 atom stereocenters. The average molecular weight is 190 g/mol. The van der Waals surface area contributed by atoms with E-state index >= 15 is 0 Å². The van der Waals surface area contributed by atoms with Crippen LogP contribution in [0.2, 0.25) is 0 Å². The van der Waals surface area contributed by atoms with Gasteiger partial charge < -0.3 is 0 Å². The molecular weight excluding hydrogens is 186 g/mol. The second-order valence-electron chi connectivity index (χ2n) is 1.96. The number of nitrogens with zero attached hydrogens (tertiary/aromatic N) is 2. The highest BCUT2D eigenvalue weighted by atomic mass is 35.5. The molecule has 12 heavy (non-hydrogen) atoms. The molecule has 0 radical (unpaired) electrons. The van der Waals surface area contributed by atoms with Crippen molar-refractivity contribution in [2.24, 2.45) is 5.10 Å². The van der Waals surface area contributed by atoms with Gasteiger partial charge in [0.25, 0.3) is 5.24 Å². The summed E-state index contributed by atoms with van der Waals surface area (Å²) in [6.07, 6.45) is 0.750. The van der Waals surface area contributed by atoms with Crippen LogP contribution in [0.3, 0.4) is 0 Å². The Hall–Kier alpha value is -1.43. The fraction of sp³-hybridized carbons (Fsp3) is 0.200. The number of amides is 3. The fourth-order valence-corrected chi connectivity index (χ4v) is 0.683. The topological polar surface area (TPSA) is 78.8 Å². The number of hydrogen-bond acceptors (Lipinski definition) is 4. The highest BCUT2D eigenvalue weighted by Crippen LogP contribution is 1.97. The highest BCUT2D eigenvalue weighted by molar-refractivity contribution is 6.78. The van der Waals surface area contributed by atoms with Crippen LogP contribution in [0.15, 0.2) is 5.10 Å². The maximum atomic E-state index is 10.7. The van der Waals surface area contributed by atoms with E-state index < -0.39 is 17.2 Å². The first-order valence-electron chi connectivity index (χ1n) is 2.94. The van der Waals surface area contributed by atoms with E-state index in [2.05, 4.69) is 5.10 Å². The number of carbonyl (C=O) groups is 3. The largest absolute Gasteiger partial charge is 0.344 e. The number of imide groups is 1. The molecule has 1 N–H and O–H groups in total. The molecule has 7 heteroatoms. The summed E-state index contributed by atoms with van der Waals surface area (Å²) >= 11 is 4.91. The van der Waals surface area contributed by atoms with Gasteiger partial charge in [-0.3, -0.25) is 14.9 Å². The Morgan fingerprint density at radius 2 is 2.33 bits per heavy atom. The van der Waals surface area contributed by atoms with E-state index in [1.807, 2.05) is 5.32 Å². The average Bonchev–Trinajstić information content (AvgIpc) is 2.26. The van der Waals surface area contributed by atoms with Gasteiger partial charge in [0, 0.05) is 0 Å². The SMILES string of the molecule is O=C(Cl)C=NN1CC(=O)NC1=O. The molecule has 64 valence electrons. The van der Waals surface area contributed by atoms with E-state index in [1.54, 1.807) is 0 Å². The molecule has 0 aromatic rings. The molecule has 0 spiro atoms.